The molecule has 0 aliphatic carbocycles. The molecule has 9 heteroatoms. The highest BCUT2D eigenvalue weighted by Crippen LogP contribution is 1.96. The summed E-state index contributed by atoms with van der Waals surface area (Å²) in [7, 11) is -3.52. The predicted octanol–water partition coefficient (Wildman–Crippen LogP) is -1.84. The van der Waals surface area contributed by atoms with Gasteiger partial charge in [0, 0.05) is 6.26 Å². The number of sulfone groups is 1. The molecule has 1 N–H and O–H groups in total. The number of aliphatic carboxylic acids is 1. The summed E-state index contributed by atoms with van der Waals surface area (Å²) in [5, 5.41) is 17.6. The van der Waals surface area contributed by atoms with Crippen LogP contribution < -0.4 is 0 Å². The van der Waals surface area contributed by atoms with Crippen molar-refractivity contribution < 1.29 is 18.3 Å². The summed E-state index contributed by atoms with van der Waals surface area (Å²) in [6.45, 7) is -0.511. The SMILES string of the molecule is CS(=O)(=O)c1nnn(CC(=O)O)n1. The maximum Gasteiger partial charge on any atom is 0.327 e. The fourth-order valence-electron chi connectivity index (χ4n) is 0.565. The lowest BCUT2D eigenvalue weighted by atomic mass is 10.7. The second kappa shape index (κ2) is 3.09. The first kappa shape index (κ1) is 9.58. The topological polar surface area (TPSA) is 115 Å². The van der Waals surface area contributed by atoms with Gasteiger partial charge in [-0.3, -0.25) is 4.79 Å². The Labute approximate surface area is 73.1 Å². The Bertz CT molecular complexity index is 421. The summed E-state index contributed by atoms with van der Waals surface area (Å²) in [4.78, 5) is 10.8. The van der Waals surface area contributed by atoms with E-state index in [1.54, 1.807) is 0 Å². The molecular formula is C4H6N4O4S. The van der Waals surface area contributed by atoms with Crippen molar-refractivity contribution in [2.45, 2.75) is 11.7 Å². The minimum atomic E-state index is -3.52. The van der Waals surface area contributed by atoms with Crippen LogP contribution in [-0.4, -0.2) is 46.0 Å². The molecule has 0 spiro atoms. The molecule has 0 atom stereocenters. The molecular weight excluding hydrogens is 200 g/mol. The molecule has 1 heterocycles. The fraction of sp³-hybridized carbons (Fsp3) is 0.500. The first-order chi connectivity index (χ1) is 5.89. The van der Waals surface area contributed by atoms with Gasteiger partial charge in [-0.15, -0.1) is 5.10 Å². The van der Waals surface area contributed by atoms with Gasteiger partial charge in [0.15, 0.2) is 6.54 Å². The molecule has 0 unspecified atom stereocenters. The molecule has 8 nitrogen and oxygen atoms in total. The van der Waals surface area contributed by atoms with Crippen LogP contribution >= 0.6 is 0 Å². The van der Waals surface area contributed by atoms with E-state index >= 15 is 0 Å². The molecule has 0 aromatic carbocycles. The lowest BCUT2D eigenvalue weighted by Gasteiger charge is -1.89. The molecule has 0 amide bonds. The molecule has 1 aromatic rings. The van der Waals surface area contributed by atoms with Crippen LogP contribution in [0.4, 0.5) is 0 Å². The van der Waals surface area contributed by atoms with E-state index in [2.05, 4.69) is 15.4 Å². The van der Waals surface area contributed by atoms with Crippen molar-refractivity contribution in [3.8, 4) is 0 Å². The van der Waals surface area contributed by atoms with E-state index < -0.39 is 27.5 Å². The van der Waals surface area contributed by atoms with Gasteiger partial charge in [-0.05, 0) is 5.21 Å². The van der Waals surface area contributed by atoms with Crippen LogP contribution in [-0.2, 0) is 21.2 Å². The Morgan fingerprint density at radius 3 is 2.62 bits per heavy atom. The normalized spacial score (nSPS) is 11.5. The van der Waals surface area contributed by atoms with Gasteiger partial charge >= 0.3 is 5.97 Å². The van der Waals surface area contributed by atoms with E-state index in [0.29, 0.717) is 4.80 Å². The van der Waals surface area contributed by atoms with Gasteiger partial charge in [-0.2, -0.15) is 4.80 Å². The number of carbonyl (C=O) groups is 1. The molecule has 1 aromatic heterocycles. The zero-order chi connectivity index (χ0) is 10.1. The Hall–Kier alpha value is -1.51. The van der Waals surface area contributed by atoms with E-state index in [1.807, 2.05) is 0 Å². The van der Waals surface area contributed by atoms with Crippen molar-refractivity contribution in [2.75, 3.05) is 6.26 Å². The van der Waals surface area contributed by atoms with Crippen LogP contribution in [0.1, 0.15) is 0 Å². The number of carboxylic acid groups (broad SMARTS) is 1. The van der Waals surface area contributed by atoms with Crippen LogP contribution in [0.25, 0.3) is 0 Å². The first-order valence-corrected chi connectivity index (χ1v) is 4.98. The van der Waals surface area contributed by atoms with Crippen molar-refractivity contribution >= 4 is 15.8 Å². The van der Waals surface area contributed by atoms with Crippen LogP contribution in [0.15, 0.2) is 5.16 Å². The third kappa shape index (κ3) is 2.47. The molecule has 72 valence electrons. The first-order valence-electron chi connectivity index (χ1n) is 3.09. The molecule has 0 bridgehead atoms. The highest BCUT2D eigenvalue weighted by molar-refractivity contribution is 7.90. The van der Waals surface area contributed by atoms with Gasteiger partial charge in [-0.25, -0.2) is 8.42 Å². The zero-order valence-electron chi connectivity index (χ0n) is 6.58. The second-order valence-corrected chi connectivity index (χ2v) is 4.18. The van der Waals surface area contributed by atoms with Gasteiger partial charge in [-0.1, -0.05) is 5.10 Å². The van der Waals surface area contributed by atoms with E-state index in [9.17, 15) is 13.2 Å². The zero-order valence-corrected chi connectivity index (χ0v) is 7.39. The van der Waals surface area contributed by atoms with E-state index in [0.717, 1.165) is 6.26 Å². The number of hydrogen-bond acceptors (Lipinski definition) is 6. The maximum atomic E-state index is 10.8. The number of carboxylic acids is 1. The summed E-state index contributed by atoms with van der Waals surface area (Å²) < 4.78 is 21.6. The van der Waals surface area contributed by atoms with Gasteiger partial charge in [0.1, 0.15) is 0 Å². The number of rotatable bonds is 3. The molecule has 0 saturated carbocycles. The Balaban J connectivity index is 2.94. The summed E-state index contributed by atoms with van der Waals surface area (Å²) in [5.74, 6) is -1.17. The lowest BCUT2D eigenvalue weighted by Crippen LogP contribution is -2.12. The van der Waals surface area contributed by atoms with E-state index in [-0.39, 0.29) is 0 Å². The van der Waals surface area contributed by atoms with Crippen LogP contribution in [0.3, 0.4) is 0 Å². The smallest absolute Gasteiger partial charge is 0.327 e. The van der Waals surface area contributed by atoms with Crippen LogP contribution in [0, 0.1) is 0 Å². The molecule has 0 fully saturated rings. The standard InChI is InChI=1S/C4H6N4O4S/c1-13(11,12)4-5-7-8(6-4)2-3(9)10/h2H2,1H3,(H,9,10). The highest BCUT2D eigenvalue weighted by Gasteiger charge is 2.15. The third-order valence-electron chi connectivity index (χ3n) is 1.04. The quantitative estimate of drug-likeness (QED) is 0.617. The van der Waals surface area contributed by atoms with E-state index in [4.69, 9.17) is 5.11 Å². The van der Waals surface area contributed by atoms with Crippen molar-refractivity contribution in [2.24, 2.45) is 0 Å². The number of hydrogen-bond donors (Lipinski definition) is 1. The number of tetrazole rings is 1. The van der Waals surface area contributed by atoms with E-state index in [1.165, 1.54) is 0 Å². The van der Waals surface area contributed by atoms with Gasteiger partial charge < -0.3 is 5.11 Å². The number of aromatic nitrogens is 4. The number of nitrogens with zero attached hydrogens (tertiary/aromatic N) is 4. The average Bonchev–Trinajstić information content (AvgIpc) is 2.32. The van der Waals surface area contributed by atoms with Crippen LogP contribution in [0.2, 0.25) is 0 Å². The van der Waals surface area contributed by atoms with Crippen molar-refractivity contribution in [1.82, 2.24) is 20.2 Å². The van der Waals surface area contributed by atoms with Crippen molar-refractivity contribution in [1.29, 1.82) is 0 Å². The van der Waals surface area contributed by atoms with Crippen molar-refractivity contribution in [3.63, 3.8) is 0 Å². The predicted molar refractivity (Wildman–Crippen MR) is 38.6 cm³/mol. The minimum absolute atomic E-state index is 0.478. The highest BCUT2D eigenvalue weighted by atomic mass is 32.2. The Morgan fingerprint density at radius 1 is 1.62 bits per heavy atom. The second-order valence-electron chi connectivity index (χ2n) is 2.27. The molecule has 0 radical (unpaired) electrons. The fourth-order valence-corrected chi connectivity index (χ4v) is 0.992. The minimum Gasteiger partial charge on any atom is -0.480 e. The Kier molecular flexibility index (Phi) is 2.28. The largest absolute Gasteiger partial charge is 0.480 e. The summed E-state index contributed by atoms with van der Waals surface area (Å²) in [5.41, 5.74) is 0. The molecule has 0 saturated heterocycles. The molecule has 1 rings (SSSR count). The maximum absolute atomic E-state index is 10.8. The Morgan fingerprint density at radius 2 is 2.23 bits per heavy atom. The van der Waals surface area contributed by atoms with Gasteiger partial charge in [0.2, 0.25) is 9.84 Å². The van der Waals surface area contributed by atoms with Gasteiger partial charge in [0.25, 0.3) is 5.16 Å². The molecule has 13 heavy (non-hydrogen) atoms. The molecule has 0 aliphatic rings. The lowest BCUT2D eigenvalue weighted by molar-refractivity contribution is -0.138. The summed E-state index contributed by atoms with van der Waals surface area (Å²) >= 11 is 0. The third-order valence-corrected chi connectivity index (χ3v) is 1.87. The van der Waals surface area contributed by atoms with Gasteiger partial charge in [0.05, 0.1) is 0 Å². The molecule has 0 aliphatic heterocycles. The average molecular weight is 206 g/mol. The summed E-state index contributed by atoms with van der Waals surface area (Å²) in [6.07, 6.45) is 0.912. The summed E-state index contributed by atoms with van der Waals surface area (Å²) in [6, 6.07) is 0. The van der Waals surface area contributed by atoms with Crippen molar-refractivity contribution in [3.05, 3.63) is 0 Å². The van der Waals surface area contributed by atoms with Crippen LogP contribution in [0.5, 0.6) is 0 Å². The monoisotopic (exact) mass is 206 g/mol.